The topological polar surface area (TPSA) is 95.3 Å². The minimum absolute atomic E-state index is 0.145. The average molecular weight is 421 g/mol. The van der Waals surface area contributed by atoms with Gasteiger partial charge in [-0.3, -0.25) is 0 Å². The SMILES string of the molecule is NS(=O)(=O)c1cc(F)c(-c2coc(=O)n2-c2cc(Cl)cc(Cl)c2)cc1F. The Labute approximate surface area is 155 Å². The highest BCUT2D eigenvalue weighted by Gasteiger charge is 2.22. The van der Waals surface area contributed by atoms with Gasteiger partial charge in [-0.15, -0.1) is 0 Å². The molecule has 6 nitrogen and oxygen atoms in total. The molecule has 26 heavy (non-hydrogen) atoms. The van der Waals surface area contributed by atoms with Crippen LogP contribution >= 0.6 is 23.2 Å². The zero-order valence-corrected chi connectivity index (χ0v) is 14.9. The monoisotopic (exact) mass is 420 g/mol. The normalized spacial score (nSPS) is 11.7. The molecule has 0 unspecified atom stereocenters. The third kappa shape index (κ3) is 3.38. The van der Waals surface area contributed by atoms with Crippen LogP contribution in [0.15, 0.2) is 50.7 Å². The summed E-state index contributed by atoms with van der Waals surface area (Å²) in [5.41, 5.74) is -0.450. The molecule has 11 heteroatoms. The first-order chi connectivity index (χ1) is 12.1. The lowest BCUT2D eigenvalue weighted by Gasteiger charge is -2.10. The van der Waals surface area contributed by atoms with E-state index in [1.54, 1.807) is 0 Å². The molecule has 0 amide bonds. The van der Waals surface area contributed by atoms with Gasteiger partial charge in [0.25, 0.3) is 0 Å². The molecular weight excluding hydrogens is 413 g/mol. The van der Waals surface area contributed by atoms with E-state index in [2.05, 4.69) is 0 Å². The van der Waals surface area contributed by atoms with Crippen molar-refractivity contribution in [3.05, 3.63) is 68.8 Å². The Kier molecular flexibility index (Phi) is 4.65. The predicted octanol–water partition coefficient (Wildman–Crippen LogP) is 3.33. The van der Waals surface area contributed by atoms with Crippen molar-refractivity contribution in [2.45, 2.75) is 4.90 Å². The highest BCUT2D eigenvalue weighted by Crippen LogP contribution is 2.30. The second-order valence-corrected chi connectivity index (χ2v) is 7.56. The van der Waals surface area contributed by atoms with Crippen molar-refractivity contribution in [2.24, 2.45) is 5.14 Å². The van der Waals surface area contributed by atoms with Crippen LogP contribution in [0.2, 0.25) is 10.0 Å². The summed E-state index contributed by atoms with van der Waals surface area (Å²) in [4.78, 5) is 11.0. The minimum Gasteiger partial charge on any atom is -0.415 e. The largest absolute Gasteiger partial charge is 0.424 e. The second kappa shape index (κ2) is 6.51. The van der Waals surface area contributed by atoms with Crippen molar-refractivity contribution in [3.8, 4) is 16.9 Å². The lowest BCUT2D eigenvalue weighted by molar-refractivity contribution is 0.504. The summed E-state index contributed by atoms with van der Waals surface area (Å²) >= 11 is 11.8. The summed E-state index contributed by atoms with van der Waals surface area (Å²) in [6, 6.07) is 5.16. The number of nitrogens with two attached hydrogens (primary N) is 1. The van der Waals surface area contributed by atoms with E-state index in [1.807, 2.05) is 0 Å². The smallest absolute Gasteiger partial charge is 0.415 e. The van der Waals surface area contributed by atoms with E-state index in [4.69, 9.17) is 32.8 Å². The van der Waals surface area contributed by atoms with Crippen LogP contribution in [-0.2, 0) is 10.0 Å². The first-order valence-electron chi connectivity index (χ1n) is 6.77. The van der Waals surface area contributed by atoms with Crippen LogP contribution < -0.4 is 10.9 Å². The number of nitrogens with zero attached hydrogens (tertiary/aromatic N) is 1. The predicted molar refractivity (Wildman–Crippen MR) is 91.1 cm³/mol. The molecule has 0 saturated heterocycles. The Balaban J connectivity index is 2.28. The molecule has 0 aliphatic rings. The summed E-state index contributed by atoms with van der Waals surface area (Å²) in [5, 5.41) is 5.23. The summed E-state index contributed by atoms with van der Waals surface area (Å²) in [7, 11) is -4.47. The zero-order chi connectivity index (χ0) is 19.2. The van der Waals surface area contributed by atoms with Gasteiger partial charge in [-0.05, 0) is 30.3 Å². The third-order valence-corrected chi connectivity index (χ3v) is 4.77. The number of halogens is 4. The number of aromatic nitrogens is 1. The highest BCUT2D eigenvalue weighted by atomic mass is 35.5. The Morgan fingerprint density at radius 1 is 1.00 bits per heavy atom. The van der Waals surface area contributed by atoms with Gasteiger partial charge in [-0.25, -0.2) is 31.7 Å². The van der Waals surface area contributed by atoms with E-state index in [0.29, 0.717) is 12.1 Å². The van der Waals surface area contributed by atoms with Gasteiger partial charge in [0.1, 0.15) is 22.8 Å². The summed E-state index contributed by atoms with van der Waals surface area (Å²) in [6.45, 7) is 0. The fraction of sp³-hybridized carbons (Fsp3) is 0. The van der Waals surface area contributed by atoms with Crippen LogP contribution in [0, 0.1) is 11.6 Å². The van der Waals surface area contributed by atoms with Crippen molar-refractivity contribution >= 4 is 33.2 Å². The maximum atomic E-state index is 14.4. The number of primary sulfonamides is 1. The number of sulfonamides is 1. The fourth-order valence-corrected chi connectivity index (χ4v) is 3.46. The minimum atomic E-state index is -4.47. The molecule has 2 N–H and O–H groups in total. The van der Waals surface area contributed by atoms with Gasteiger partial charge < -0.3 is 4.42 Å². The number of hydrogen-bond acceptors (Lipinski definition) is 4. The van der Waals surface area contributed by atoms with Crippen LogP contribution in [0.4, 0.5) is 8.78 Å². The molecule has 0 aliphatic carbocycles. The molecule has 3 rings (SSSR count). The first-order valence-corrected chi connectivity index (χ1v) is 9.07. The van der Waals surface area contributed by atoms with Crippen molar-refractivity contribution in [1.82, 2.24) is 4.57 Å². The Morgan fingerprint density at radius 2 is 1.62 bits per heavy atom. The van der Waals surface area contributed by atoms with Gasteiger partial charge >= 0.3 is 5.76 Å². The van der Waals surface area contributed by atoms with E-state index in [0.717, 1.165) is 10.8 Å². The first kappa shape index (κ1) is 18.6. The molecule has 0 spiro atoms. The van der Waals surface area contributed by atoms with Gasteiger partial charge in [-0.1, -0.05) is 23.2 Å². The van der Waals surface area contributed by atoms with Gasteiger partial charge in [0.05, 0.1) is 11.4 Å². The zero-order valence-electron chi connectivity index (χ0n) is 12.5. The number of benzene rings is 2. The van der Waals surface area contributed by atoms with E-state index in [1.165, 1.54) is 18.2 Å². The molecule has 0 saturated carbocycles. The molecule has 136 valence electrons. The molecule has 2 aromatic carbocycles. The lowest BCUT2D eigenvalue weighted by atomic mass is 10.1. The highest BCUT2D eigenvalue weighted by molar-refractivity contribution is 7.89. The average Bonchev–Trinajstić information content (AvgIpc) is 2.88. The van der Waals surface area contributed by atoms with Crippen LogP contribution in [0.25, 0.3) is 16.9 Å². The van der Waals surface area contributed by atoms with Crippen LogP contribution in [0.3, 0.4) is 0 Å². The van der Waals surface area contributed by atoms with E-state index in [9.17, 15) is 22.0 Å². The molecule has 0 atom stereocenters. The summed E-state index contributed by atoms with van der Waals surface area (Å²) in [5.74, 6) is -3.32. The van der Waals surface area contributed by atoms with Gasteiger partial charge in [0.2, 0.25) is 10.0 Å². The lowest BCUT2D eigenvalue weighted by Crippen LogP contribution is -2.16. The van der Waals surface area contributed by atoms with E-state index in [-0.39, 0.29) is 21.4 Å². The molecule has 3 aromatic rings. The second-order valence-electron chi connectivity index (χ2n) is 5.16. The van der Waals surface area contributed by atoms with Crippen molar-refractivity contribution in [2.75, 3.05) is 0 Å². The maximum Gasteiger partial charge on any atom is 0.424 e. The fourth-order valence-electron chi connectivity index (χ4n) is 2.35. The Hall–Kier alpha value is -2.20. The number of rotatable bonds is 3. The number of oxazole rings is 1. The molecule has 0 radical (unpaired) electrons. The Morgan fingerprint density at radius 3 is 2.19 bits per heavy atom. The van der Waals surface area contributed by atoms with Gasteiger partial charge in [0, 0.05) is 15.6 Å². The maximum absolute atomic E-state index is 14.4. The molecule has 0 bridgehead atoms. The molecule has 0 aliphatic heterocycles. The quantitative estimate of drug-likeness (QED) is 0.702. The van der Waals surface area contributed by atoms with Crippen LogP contribution in [-0.4, -0.2) is 13.0 Å². The Bertz CT molecular complexity index is 1170. The molecule has 1 aromatic heterocycles. The van der Waals surface area contributed by atoms with E-state index >= 15 is 0 Å². The van der Waals surface area contributed by atoms with Crippen molar-refractivity contribution < 1.29 is 21.6 Å². The van der Waals surface area contributed by atoms with E-state index < -0.39 is 37.9 Å². The number of hydrogen-bond donors (Lipinski definition) is 1. The third-order valence-electron chi connectivity index (χ3n) is 3.40. The summed E-state index contributed by atoms with van der Waals surface area (Å²) in [6.07, 6.45) is 0.894. The molecular formula is C15H8Cl2F2N2O4S. The van der Waals surface area contributed by atoms with Gasteiger partial charge in [0.15, 0.2) is 0 Å². The summed E-state index contributed by atoms with van der Waals surface area (Å²) < 4.78 is 56.8. The molecule has 1 heterocycles. The van der Waals surface area contributed by atoms with Crippen molar-refractivity contribution in [3.63, 3.8) is 0 Å². The standard InChI is InChI=1S/C15H8Cl2F2N2O4S/c16-7-1-8(17)3-9(2-7)21-13(6-25-15(21)22)10-4-12(19)14(5-11(10)18)26(20,23)24/h1-6H,(H2,20,23,24). The van der Waals surface area contributed by atoms with Gasteiger partial charge in [-0.2, -0.15) is 0 Å². The van der Waals surface area contributed by atoms with Crippen molar-refractivity contribution in [1.29, 1.82) is 0 Å². The molecule has 0 fully saturated rings. The van der Waals surface area contributed by atoms with Crippen LogP contribution in [0.1, 0.15) is 0 Å². The van der Waals surface area contributed by atoms with Crippen LogP contribution in [0.5, 0.6) is 0 Å².